The van der Waals surface area contributed by atoms with Crippen LogP contribution in [0.4, 0.5) is 27.9 Å². The number of nitrogens with one attached hydrogen (secondary N) is 1. The van der Waals surface area contributed by atoms with E-state index in [1.807, 2.05) is 0 Å². The molecule has 1 aromatic carbocycles. The molecule has 4 rings (SSSR count). The van der Waals surface area contributed by atoms with E-state index in [4.69, 9.17) is 0 Å². The Morgan fingerprint density at radius 1 is 1.06 bits per heavy atom. The van der Waals surface area contributed by atoms with Gasteiger partial charge >= 0.3 is 13.0 Å². The van der Waals surface area contributed by atoms with Gasteiger partial charge in [0, 0.05) is 23.9 Å². The Bertz CT molecular complexity index is 1050. The molecule has 0 spiro atoms. The van der Waals surface area contributed by atoms with Crippen molar-refractivity contribution in [3.63, 3.8) is 0 Å². The summed E-state index contributed by atoms with van der Waals surface area (Å²) in [6.45, 7) is -3.19. The second-order valence-corrected chi connectivity index (χ2v) is 7.20. The van der Waals surface area contributed by atoms with Crippen LogP contribution in [0.25, 0.3) is 16.8 Å². The molecule has 1 saturated carbocycles. The number of aromatic nitrogens is 3. The van der Waals surface area contributed by atoms with E-state index in [0.717, 1.165) is 37.8 Å². The normalized spacial score (nSPS) is 15.4. The summed E-state index contributed by atoms with van der Waals surface area (Å²) in [5, 5.41) is 11.6. The van der Waals surface area contributed by atoms with Gasteiger partial charge in [-0.15, -0.1) is 23.4 Å². The third-order valence-electron chi connectivity index (χ3n) is 5.06. The highest BCUT2D eigenvalue weighted by atomic mass is 19.4. The number of halogens is 5. The number of anilines is 1. The average Bonchev–Trinajstić information content (AvgIpc) is 3.18. The van der Waals surface area contributed by atoms with Crippen molar-refractivity contribution in [1.82, 2.24) is 14.6 Å². The van der Waals surface area contributed by atoms with Crippen LogP contribution in [0.5, 0.6) is 11.5 Å². The first kappa shape index (κ1) is 21.1. The molecule has 1 aliphatic carbocycles. The number of nitrogens with zero attached hydrogens (tertiary/aromatic N) is 3. The van der Waals surface area contributed by atoms with E-state index in [1.165, 1.54) is 12.5 Å². The SMILES string of the molecule is FC(F)Oc1ccc(-c2nnc(NC3CCCCC3)n3cccc23)c(OC(F)(F)F)c1. The Balaban J connectivity index is 1.74. The minimum Gasteiger partial charge on any atom is -0.435 e. The van der Waals surface area contributed by atoms with Crippen LogP contribution in [0.1, 0.15) is 32.1 Å². The van der Waals surface area contributed by atoms with Crippen molar-refractivity contribution < 1.29 is 31.4 Å². The van der Waals surface area contributed by atoms with Gasteiger partial charge in [0.05, 0.1) is 5.52 Å². The molecular formula is C20H19F5N4O2. The second-order valence-electron chi connectivity index (χ2n) is 7.20. The lowest BCUT2D eigenvalue weighted by atomic mass is 9.96. The Hall–Kier alpha value is -3.11. The first-order chi connectivity index (χ1) is 14.8. The number of benzene rings is 1. The third kappa shape index (κ3) is 4.97. The molecule has 6 nitrogen and oxygen atoms in total. The van der Waals surface area contributed by atoms with Crippen LogP contribution < -0.4 is 14.8 Å². The smallest absolute Gasteiger partial charge is 0.435 e. The van der Waals surface area contributed by atoms with E-state index in [9.17, 15) is 22.0 Å². The van der Waals surface area contributed by atoms with Gasteiger partial charge in [-0.3, -0.25) is 4.40 Å². The van der Waals surface area contributed by atoms with Crippen LogP contribution in [0.3, 0.4) is 0 Å². The number of hydrogen-bond acceptors (Lipinski definition) is 5. The molecule has 0 atom stereocenters. The highest BCUT2D eigenvalue weighted by Gasteiger charge is 2.33. The maximum atomic E-state index is 12.9. The summed E-state index contributed by atoms with van der Waals surface area (Å²) in [5.41, 5.74) is 0.546. The molecule has 0 radical (unpaired) electrons. The van der Waals surface area contributed by atoms with Crippen molar-refractivity contribution in [2.45, 2.75) is 51.1 Å². The van der Waals surface area contributed by atoms with E-state index in [-0.39, 0.29) is 17.3 Å². The molecule has 0 bridgehead atoms. The summed E-state index contributed by atoms with van der Waals surface area (Å²) in [4.78, 5) is 0. The topological polar surface area (TPSA) is 60.7 Å². The van der Waals surface area contributed by atoms with E-state index >= 15 is 0 Å². The predicted molar refractivity (Wildman–Crippen MR) is 102 cm³/mol. The van der Waals surface area contributed by atoms with Gasteiger partial charge in [-0.25, -0.2) is 0 Å². The molecule has 0 unspecified atom stereocenters. The zero-order valence-electron chi connectivity index (χ0n) is 16.2. The summed E-state index contributed by atoms with van der Waals surface area (Å²) in [5.74, 6) is -0.699. The van der Waals surface area contributed by atoms with Crippen molar-refractivity contribution in [3.8, 4) is 22.8 Å². The summed E-state index contributed by atoms with van der Waals surface area (Å²) < 4.78 is 73.8. The summed E-state index contributed by atoms with van der Waals surface area (Å²) in [7, 11) is 0. The van der Waals surface area contributed by atoms with Gasteiger partial charge in [-0.05, 0) is 37.1 Å². The van der Waals surface area contributed by atoms with Crippen LogP contribution in [-0.4, -0.2) is 33.6 Å². The Morgan fingerprint density at radius 3 is 2.55 bits per heavy atom. The first-order valence-corrected chi connectivity index (χ1v) is 9.75. The molecule has 2 heterocycles. The third-order valence-corrected chi connectivity index (χ3v) is 5.06. The number of alkyl halides is 5. The number of hydrogen-bond donors (Lipinski definition) is 1. The van der Waals surface area contributed by atoms with Crippen molar-refractivity contribution in [1.29, 1.82) is 0 Å². The second kappa shape index (κ2) is 8.56. The summed E-state index contributed by atoms with van der Waals surface area (Å²) in [6.07, 6.45) is 2.10. The van der Waals surface area contributed by atoms with Crippen molar-refractivity contribution in [2.24, 2.45) is 0 Å². The maximum Gasteiger partial charge on any atom is 0.573 e. The van der Waals surface area contributed by atoms with Crippen molar-refractivity contribution in [2.75, 3.05) is 5.32 Å². The monoisotopic (exact) mass is 442 g/mol. The van der Waals surface area contributed by atoms with Crippen LogP contribution in [0.2, 0.25) is 0 Å². The standard InChI is InChI=1S/C20H19F5N4O2/c21-18(22)30-13-8-9-14(16(11-13)31-20(23,24)25)17-15-7-4-10-29(15)19(28-27-17)26-12-5-2-1-3-6-12/h4,7-12,18H,1-3,5-6H2,(H,26,28). The lowest BCUT2D eigenvalue weighted by Crippen LogP contribution is -2.24. The quantitative estimate of drug-likeness (QED) is 0.501. The lowest BCUT2D eigenvalue weighted by molar-refractivity contribution is -0.274. The van der Waals surface area contributed by atoms with E-state index in [2.05, 4.69) is 25.0 Å². The van der Waals surface area contributed by atoms with Gasteiger partial charge in [0.25, 0.3) is 0 Å². The van der Waals surface area contributed by atoms with Crippen molar-refractivity contribution in [3.05, 3.63) is 36.5 Å². The zero-order chi connectivity index (χ0) is 22.0. The van der Waals surface area contributed by atoms with Gasteiger partial charge in [-0.1, -0.05) is 19.3 Å². The van der Waals surface area contributed by atoms with E-state index in [1.54, 1.807) is 22.7 Å². The lowest BCUT2D eigenvalue weighted by Gasteiger charge is -2.23. The number of ether oxygens (including phenoxy) is 2. The molecule has 11 heteroatoms. The molecule has 0 aliphatic heterocycles. The van der Waals surface area contributed by atoms with Crippen LogP contribution in [0, 0.1) is 0 Å². The molecule has 1 fully saturated rings. The molecule has 0 saturated heterocycles. The van der Waals surface area contributed by atoms with E-state index in [0.29, 0.717) is 11.5 Å². The molecule has 1 N–H and O–H groups in total. The maximum absolute atomic E-state index is 12.9. The van der Waals surface area contributed by atoms with Gasteiger partial charge in [0.2, 0.25) is 5.95 Å². The summed E-state index contributed by atoms with van der Waals surface area (Å²) in [6, 6.07) is 6.70. The number of fused-ring (bicyclic) bond motifs is 1. The van der Waals surface area contributed by atoms with Crippen LogP contribution in [0.15, 0.2) is 36.5 Å². The van der Waals surface area contributed by atoms with E-state index < -0.39 is 24.5 Å². The Labute approximate surface area is 174 Å². The highest BCUT2D eigenvalue weighted by molar-refractivity contribution is 5.81. The minimum absolute atomic E-state index is 0.0562. The molecule has 3 aromatic rings. The first-order valence-electron chi connectivity index (χ1n) is 9.75. The zero-order valence-corrected chi connectivity index (χ0v) is 16.2. The van der Waals surface area contributed by atoms with Gasteiger partial charge in [-0.2, -0.15) is 8.78 Å². The molecule has 31 heavy (non-hydrogen) atoms. The fraction of sp³-hybridized carbons (Fsp3) is 0.400. The van der Waals surface area contributed by atoms with Crippen molar-refractivity contribution >= 4 is 11.5 Å². The Kier molecular flexibility index (Phi) is 5.84. The van der Waals surface area contributed by atoms with Gasteiger partial charge in [0.1, 0.15) is 17.2 Å². The average molecular weight is 442 g/mol. The fourth-order valence-corrected chi connectivity index (χ4v) is 3.76. The van der Waals surface area contributed by atoms with Gasteiger partial charge in [0.15, 0.2) is 0 Å². The molecule has 0 amide bonds. The molecule has 2 aromatic heterocycles. The summed E-state index contributed by atoms with van der Waals surface area (Å²) >= 11 is 0. The predicted octanol–water partition coefficient (Wildman–Crippen LogP) is 5.64. The van der Waals surface area contributed by atoms with Gasteiger partial charge < -0.3 is 14.8 Å². The highest BCUT2D eigenvalue weighted by Crippen LogP contribution is 2.38. The number of rotatable bonds is 6. The van der Waals surface area contributed by atoms with Crippen LogP contribution in [-0.2, 0) is 0 Å². The molecular weight excluding hydrogens is 423 g/mol. The molecule has 1 aliphatic rings. The Morgan fingerprint density at radius 2 is 1.84 bits per heavy atom. The fourth-order valence-electron chi connectivity index (χ4n) is 3.76. The largest absolute Gasteiger partial charge is 0.573 e. The minimum atomic E-state index is -5.04. The molecule has 166 valence electrons. The van der Waals surface area contributed by atoms with Crippen LogP contribution >= 0.6 is 0 Å².